The monoisotopic (exact) mass is 281 g/mol. The van der Waals surface area contributed by atoms with Crippen LogP contribution >= 0.6 is 0 Å². The Kier molecular flexibility index (Phi) is 3.05. The number of nitrogen functional groups attached to an aromatic ring is 1. The van der Waals surface area contributed by atoms with Crippen LogP contribution < -0.4 is 5.73 Å². The number of nitrogens with two attached hydrogens (primary N) is 1. The number of hydrogen-bond acceptors (Lipinski definition) is 8. The summed E-state index contributed by atoms with van der Waals surface area (Å²) in [5.41, 5.74) is 6.66. The first-order valence-corrected chi connectivity index (χ1v) is 6.12. The van der Waals surface area contributed by atoms with Crippen LogP contribution in [0.25, 0.3) is 11.2 Å². The van der Waals surface area contributed by atoms with E-state index in [4.69, 9.17) is 15.6 Å². The van der Waals surface area contributed by atoms with Gasteiger partial charge in [0.25, 0.3) is 0 Å². The number of rotatable bonds is 2. The standard InChI is InChI=1S/C11H15N5O4/c1-4-14-9(12)6-10(15-4)13-3-16(6)11-8(19)7(18)5(2-17)20-11/h3,5,7-8,11,17-19H,2H2,1H3,(H2,12,14,15)/t5-,7+,8-,11+/m0/s1. The lowest BCUT2D eigenvalue weighted by Crippen LogP contribution is -2.33. The third-order valence-electron chi connectivity index (χ3n) is 3.36. The van der Waals surface area contributed by atoms with E-state index in [0.29, 0.717) is 17.0 Å². The zero-order valence-electron chi connectivity index (χ0n) is 10.7. The van der Waals surface area contributed by atoms with Crippen LogP contribution in [0.4, 0.5) is 5.82 Å². The van der Waals surface area contributed by atoms with Gasteiger partial charge in [0, 0.05) is 0 Å². The Bertz CT molecular complexity index is 645. The van der Waals surface area contributed by atoms with E-state index < -0.39 is 31.1 Å². The number of imidazole rings is 1. The molecule has 0 unspecified atom stereocenters. The number of ether oxygens (including phenoxy) is 1. The molecule has 9 heteroatoms. The first-order chi connectivity index (χ1) is 9.52. The van der Waals surface area contributed by atoms with Gasteiger partial charge in [-0.25, -0.2) is 15.0 Å². The number of aryl methyl sites for hydroxylation is 1. The molecule has 2 aromatic heterocycles. The van der Waals surface area contributed by atoms with Crippen molar-refractivity contribution in [3.63, 3.8) is 0 Å². The lowest BCUT2D eigenvalue weighted by atomic mass is 10.1. The van der Waals surface area contributed by atoms with Crippen molar-refractivity contribution in [3.8, 4) is 0 Å². The number of anilines is 1. The van der Waals surface area contributed by atoms with Crippen LogP contribution in [0.3, 0.4) is 0 Å². The summed E-state index contributed by atoms with van der Waals surface area (Å²) in [6.07, 6.45) is -2.74. The number of aliphatic hydroxyl groups excluding tert-OH is 3. The van der Waals surface area contributed by atoms with E-state index in [-0.39, 0.29) is 5.82 Å². The van der Waals surface area contributed by atoms with Crippen molar-refractivity contribution in [3.05, 3.63) is 12.2 Å². The summed E-state index contributed by atoms with van der Waals surface area (Å²) in [6, 6.07) is 0. The molecule has 2 aromatic rings. The van der Waals surface area contributed by atoms with Crippen LogP contribution in [-0.4, -0.2) is 59.8 Å². The van der Waals surface area contributed by atoms with Gasteiger partial charge in [0.15, 0.2) is 17.7 Å². The Balaban J connectivity index is 2.07. The first-order valence-electron chi connectivity index (χ1n) is 6.12. The van der Waals surface area contributed by atoms with E-state index in [2.05, 4.69) is 15.0 Å². The van der Waals surface area contributed by atoms with E-state index in [0.717, 1.165) is 0 Å². The molecule has 1 saturated heterocycles. The van der Waals surface area contributed by atoms with Crippen LogP contribution in [0.1, 0.15) is 12.1 Å². The minimum absolute atomic E-state index is 0.211. The van der Waals surface area contributed by atoms with Crippen molar-refractivity contribution in [2.75, 3.05) is 12.3 Å². The SMILES string of the molecule is Cc1nc(N)c2c(ncn2[C@@H]2O[C@@H](CO)[C@@H](O)[C@@H]2O)n1. The van der Waals surface area contributed by atoms with Gasteiger partial charge >= 0.3 is 0 Å². The summed E-state index contributed by atoms with van der Waals surface area (Å²) in [5.74, 6) is 0.698. The van der Waals surface area contributed by atoms with E-state index >= 15 is 0 Å². The Hall–Kier alpha value is -1.81. The second kappa shape index (κ2) is 4.63. The fourth-order valence-corrected chi connectivity index (χ4v) is 2.39. The van der Waals surface area contributed by atoms with E-state index in [1.54, 1.807) is 6.92 Å². The molecule has 20 heavy (non-hydrogen) atoms. The Morgan fingerprint density at radius 2 is 2.10 bits per heavy atom. The van der Waals surface area contributed by atoms with Crippen LogP contribution in [0.2, 0.25) is 0 Å². The maximum Gasteiger partial charge on any atom is 0.183 e. The molecule has 0 aliphatic carbocycles. The van der Waals surface area contributed by atoms with Crippen LogP contribution in [0.5, 0.6) is 0 Å². The van der Waals surface area contributed by atoms with Crippen molar-refractivity contribution < 1.29 is 20.1 Å². The van der Waals surface area contributed by atoms with Crippen LogP contribution in [0.15, 0.2) is 6.33 Å². The van der Waals surface area contributed by atoms with Crippen LogP contribution in [0, 0.1) is 6.92 Å². The molecule has 3 rings (SSSR count). The molecule has 9 nitrogen and oxygen atoms in total. The summed E-state index contributed by atoms with van der Waals surface area (Å²) in [5, 5.41) is 28.9. The molecule has 5 N–H and O–H groups in total. The molecule has 0 spiro atoms. The lowest BCUT2D eigenvalue weighted by molar-refractivity contribution is -0.0508. The minimum Gasteiger partial charge on any atom is -0.394 e. The Morgan fingerprint density at radius 3 is 2.75 bits per heavy atom. The zero-order chi connectivity index (χ0) is 14.4. The molecule has 0 amide bonds. The van der Waals surface area contributed by atoms with Gasteiger partial charge in [0.2, 0.25) is 0 Å². The van der Waals surface area contributed by atoms with Gasteiger partial charge in [-0.3, -0.25) is 4.57 Å². The molecule has 0 aromatic carbocycles. The van der Waals surface area contributed by atoms with Crippen molar-refractivity contribution >= 4 is 17.0 Å². The molecule has 1 aliphatic heterocycles. The second-order valence-electron chi connectivity index (χ2n) is 4.71. The summed E-state index contributed by atoms with van der Waals surface area (Å²) < 4.78 is 6.90. The maximum atomic E-state index is 10.0. The first kappa shape index (κ1) is 13.2. The molecule has 108 valence electrons. The molecule has 0 bridgehead atoms. The van der Waals surface area contributed by atoms with E-state index in [9.17, 15) is 10.2 Å². The highest BCUT2D eigenvalue weighted by atomic mass is 16.6. The van der Waals surface area contributed by atoms with E-state index in [1.165, 1.54) is 10.9 Å². The molecule has 3 heterocycles. The second-order valence-corrected chi connectivity index (χ2v) is 4.71. The van der Waals surface area contributed by atoms with Gasteiger partial charge in [-0.1, -0.05) is 0 Å². The highest BCUT2D eigenvalue weighted by molar-refractivity contribution is 5.81. The van der Waals surface area contributed by atoms with Gasteiger partial charge in [-0.05, 0) is 6.92 Å². The number of aromatic nitrogens is 4. The maximum absolute atomic E-state index is 10.0. The number of hydrogen-bond donors (Lipinski definition) is 4. The molecule has 4 atom stereocenters. The summed E-state index contributed by atoms with van der Waals surface area (Å²) in [6.45, 7) is 1.30. The third kappa shape index (κ3) is 1.83. The van der Waals surface area contributed by atoms with Gasteiger partial charge in [0.1, 0.15) is 36.0 Å². The van der Waals surface area contributed by atoms with Gasteiger partial charge in [-0.2, -0.15) is 0 Å². The highest BCUT2D eigenvalue weighted by Crippen LogP contribution is 2.32. The van der Waals surface area contributed by atoms with Crippen molar-refractivity contribution in [2.45, 2.75) is 31.5 Å². The quantitative estimate of drug-likeness (QED) is 0.512. The average molecular weight is 281 g/mol. The predicted octanol–water partition coefficient (Wildman–Crippen LogP) is -1.67. The average Bonchev–Trinajstić information content (AvgIpc) is 2.93. The smallest absolute Gasteiger partial charge is 0.183 e. The molecule has 1 fully saturated rings. The largest absolute Gasteiger partial charge is 0.394 e. The van der Waals surface area contributed by atoms with Gasteiger partial charge < -0.3 is 25.8 Å². The normalized spacial score (nSPS) is 30.2. The molecule has 0 saturated carbocycles. The fourth-order valence-electron chi connectivity index (χ4n) is 2.39. The molecule has 0 radical (unpaired) electrons. The molecular formula is C11H15N5O4. The topological polar surface area (TPSA) is 140 Å². The van der Waals surface area contributed by atoms with Crippen LogP contribution in [-0.2, 0) is 4.74 Å². The zero-order valence-corrected chi connectivity index (χ0v) is 10.7. The lowest BCUT2D eigenvalue weighted by Gasteiger charge is -2.17. The predicted molar refractivity (Wildman–Crippen MR) is 67.5 cm³/mol. The minimum atomic E-state index is -1.20. The van der Waals surface area contributed by atoms with Crippen molar-refractivity contribution in [2.24, 2.45) is 0 Å². The summed E-state index contributed by atoms with van der Waals surface area (Å²) in [7, 11) is 0. The van der Waals surface area contributed by atoms with Gasteiger partial charge in [0.05, 0.1) is 6.61 Å². The summed E-state index contributed by atoms with van der Waals surface area (Å²) >= 11 is 0. The highest BCUT2D eigenvalue weighted by Gasteiger charge is 2.44. The van der Waals surface area contributed by atoms with E-state index in [1.807, 2.05) is 0 Å². The number of aliphatic hydroxyl groups is 3. The number of fused-ring (bicyclic) bond motifs is 1. The summed E-state index contributed by atoms with van der Waals surface area (Å²) in [4.78, 5) is 12.3. The Labute approximate surface area is 113 Å². The van der Waals surface area contributed by atoms with Gasteiger partial charge in [-0.15, -0.1) is 0 Å². The fraction of sp³-hybridized carbons (Fsp3) is 0.545. The van der Waals surface area contributed by atoms with Crippen molar-refractivity contribution in [1.82, 2.24) is 19.5 Å². The number of nitrogens with zero attached hydrogens (tertiary/aromatic N) is 4. The molecular weight excluding hydrogens is 266 g/mol. The van der Waals surface area contributed by atoms with Crippen molar-refractivity contribution in [1.29, 1.82) is 0 Å². The third-order valence-corrected chi connectivity index (χ3v) is 3.36. The Morgan fingerprint density at radius 1 is 1.35 bits per heavy atom. The molecule has 1 aliphatic rings.